The van der Waals surface area contributed by atoms with Gasteiger partial charge in [0.25, 0.3) is 0 Å². The van der Waals surface area contributed by atoms with Crippen molar-refractivity contribution in [2.75, 3.05) is 6.16 Å². The summed E-state index contributed by atoms with van der Waals surface area (Å²) in [5.41, 5.74) is 0.124. The van der Waals surface area contributed by atoms with Crippen molar-refractivity contribution in [3.05, 3.63) is 0 Å². The molecule has 0 aromatic carbocycles. The summed E-state index contributed by atoms with van der Waals surface area (Å²) < 4.78 is -3.23. The van der Waals surface area contributed by atoms with Gasteiger partial charge in [-0.05, 0) is 0 Å². The molecule has 96 valence electrons. The Kier molecular flexibility index (Phi) is 4.93. The Bertz CT molecular complexity index is 246. The summed E-state index contributed by atoms with van der Waals surface area (Å²) in [7, 11) is 0. The Morgan fingerprint density at radius 2 is 1.27 bits per heavy atom. The van der Waals surface area contributed by atoms with Gasteiger partial charge in [0.05, 0.1) is 0 Å². The Hall–Kier alpha value is 2.45. The molecule has 0 saturated carbocycles. The van der Waals surface area contributed by atoms with Gasteiger partial charge in [-0.1, -0.05) is 0 Å². The Labute approximate surface area is 127 Å². The normalized spacial score (nSPS) is 22.8. The van der Waals surface area contributed by atoms with E-state index >= 15 is 0 Å². The fourth-order valence-corrected chi connectivity index (χ4v) is 13.2. The number of alkyl halides is 2. The van der Waals surface area contributed by atoms with Crippen LogP contribution in [0.5, 0.6) is 0 Å². The van der Waals surface area contributed by atoms with Gasteiger partial charge >= 0.3 is 128 Å². The summed E-state index contributed by atoms with van der Waals surface area (Å²) in [4.78, 5) is 0. The SMILES string of the molecule is CC(Cl)[P-](Br)(Br)(Br)(CC(C)(C)C)C(C)Cl. The van der Waals surface area contributed by atoms with Crippen molar-refractivity contribution in [1.29, 1.82) is 0 Å². The zero-order chi connectivity index (χ0) is 12.8. The molecule has 0 aliphatic carbocycles. The monoisotopic (exact) mass is 465 g/mol. The Balaban J connectivity index is 5.63. The van der Waals surface area contributed by atoms with E-state index in [2.05, 4.69) is 67.2 Å². The topological polar surface area (TPSA) is 0 Å². The third-order valence-corrected chi connectivity index (χ3v) is 28.5. The number of hydrogen-bond donors (Lipinski definition) is 0. The van der Waals surface area contributed by atoms with Gasteiger partial charge in [-0.15, -0.1) is 0 Å². The molecule has 2 atom stereocenters. The van der Waals surface area contributed by atoms with Crippen LogP contribution in [0, 0.1) is 5.41 Å². The van der Waals surface area contributed by atoms with Crippen LogP contribution in [0.1, 0.15) is 34.6 Å². The molecule has 2 unspecified atom stereocenters. The average Bonchev–Trinajstić information content (AvgIpc) is 1.79. The van der Waals surface area contributed by atoms with Gasteiger partial charge in [-0.2, -0.15) is 0 Å². The van der Waals surface area contributed by atoms with Crippen molar-refractivity contribution in [2.24, 2.45) is 5.41 Å². The van der Waals surface area contributed by atoms with Gasteiger partial charge in [0.2, 0.25) is 0 Å². The summed E-state index contributed by atoms with van der Waals surface area (Å²) in [6.07, 6.45) is 0.868. The predicted octanol–water partition coefficient (Wildman–Crippen LogP) is 7.22. The third kappa shape index (κ3) is 3.70. The van der Waals surface area contributed by atoms with E-state index in [0.717, 1.165) is 6.16 Å². The van der Waals surface area contributed by atoms with Crippen molar-refractivity contribution in [1.82, 2.24) is 0 Å². The molecule has 0 saturated heterocycles. The molecule has 0 bridgehead atoms. The van der Waals surface area contributed by atoms with Crippen LogP contribution in [0.3, 0.4) is 0 Å². The predicted molar refractivity (Wildman–Crippen MR) is 88.7 cm³/mol. The average molecular weight is 469 g/mol. The summed E-state index contributed by atoms with van der Waals surface area (Å²) in [6, 6.07) is 0. The number of halogens is 5. The van der Waals surface area contributed by atoms with Gasteiger partial charge < -0.3 is 0 Å². The molecule has 0 spiro atoms. The van der Waals surface area contributed by atoms with Gasteiger partial charge in [-0.25, -0.2) is 0 Å². The molecule has 0 fully saturated rings. The van der Waals surface area contributed by atoms with E-state index in [1.165, 1.54) is 0 Å². The van der Waals surface area contributed by atoms with Crippen LogP contribution in [0.4, 0.5) is 0 Å². The van der Waals surface area contributed by atoms with Gasteiger partial charge in [-0.3, -0.25) is 0 Å². The van der Waals surface area contributed by atoms with E-state index in [1.54, 1.807) is 0 Å². The first-order valence-electron chi connectivity index (χ1n) is 4.78. The van der Waals surface area contributed by atoms with E-state index in [9.17, 15) is 0 Å². The molecule has 0 radical (unpaired) electrons. The van der Waals surface area contributed by atoms with Crippen LogP contribution in [-0.2, 0) is 0 Å². The van der Waals surface area contributed by atoms with E-state index in [0.29, 0.717) is 0 Å². The second-order valence-corrected chi connectivity index (χ2v) is 39.4. The summed E-state index contributed by atoms with van der Waals surface area (Å²) in [5.74, 6) is 0. The molecule has 0 rings (SSSR count). The first-order chi connectivity index (χ1) is 6.15. The molecular formula is C9H19Br3Cl2P-. The Morgan fingerprint density at radius 1 is 1.00 bits per heavy atom. The van der Waals surface area contributed by atoms with Crippen LogP contribution < -0.4 is 0 Å². The second-order valence-electron chi connectivity index (χ2n) is 5.52. The van der Waals surface area contributed by atoms with E-state index in [1.807, 2.05) is 13.8 Å². The molecule has 0 amide bonds. The minimum absolute atomic E-state index is 0.110. The Morgan fingerprint density at radius 3 is 1.33 bits per heavy atom. The first kappa shape index (κ1) is 17.4. The molecule has 6 heteroatoms. The standard InChI is InChI=1S/C9H19Br3Cl2P/c1-7(13)15(10,11,12,8(2)14)6-9(3,4)5/h7-8H,6H2,1-5H3/q-1. The van der Waals surface area contributed by atoms with E-state index < -0.39 is 2.05 Å². The molecule has 0 aromatic heterocycles. The zero-order valence-corrected chi connectivity index (χ0v) is 16.9. The zero-order valence-electron chi connectivity index (χ0n) is 9.70. The van der Waals surface area contributed by atoms with E-state index in [4.69, 9.17) is 23.2 Å². The van der Waals surface area contributed by atoms with Crippen LogP contribution in [0.2, 0.25) is 0 Å². The van der Waals surface area contributed by atoms with Crippen LogP contribution >= 0.6 is 71.7 Å². The number of hydrogen-bond acceptors (Lipinski definition) is 0. The molecule has 0 aliphatic heterocycles. The van der Waals surface area contributed by atoms with Gasteiger partial charge in [0.15, 0.2) is 0 Å². The van der Waals surface area contributed by atoms with Crippen LogP contribution in [-0.4, -0.2) is 16.4 Å². The molecule has 0 N–H and O–H groups in total. The summed E-state index contributed by atoms with van der Waals surface area (Å²) >= 11 is 24.4. The van der Waals surface area contributed by atoms with Gasteiger partial charge in [0.1, 0.15) is 0 Å². The fourth-order valence-electron chi connectivity index (χ4n) is 1.62. The maximum absolute atomic E-state index is 6.40. The molecular weight excluding hydrogens is 450 g/mol. The van der Waals surface area contributed by atoms with E-state index in [-0.39, 0.29) is 15.7 Å². The maximum atomic E-state index is 6.40. The molecule has 0 aliphatic rings. The molecule has 0 heterocycles. The minimum atomic E-state index is -3.23. The third-order valence-electron chi connectivity index (χ3n) is 2.56. The first-order valence-corrected chi connectivity index (χ1v) is 14.7. The van der Waals surface area contributed by atoms with Crippen molar-refractivity contribution < 1.29 is 0 Å². The van der Waals surface area contributed by atoms with Crippen molar-refractivity contribution in [3.8, 4) is 0 Å². The second kappa shape index (κ2) is 4.23. The van der Waals surface area contributed by atoms with Gasteiger partial charge in [0, 0.05) is 0 Å². The molecule has 15 heavy (non-hydrogen) atoms. The number of rotatable bonds is 3. The fraction of sp³-hybridized carbons (Fsp3) is 1.00. The van der Waals surface area contributed by atoms with Crippen LogP contribution in [0.15, 0.2) is 0 Å². The summed E-state index contributed by atoms with van der Waals surface area (Å²) in [6.45, 7) is 10.5. The molecule has 0 nitrogen and oxygen atoms in total. The quantitative estimate of drug-likeness (QED) is 0.303. The van der Waals surface area contributed by atoms with Crippen molar-refractivity contribution in [2.45, 2.75) is 44.9 Å². The van der Waals surface area contributed by atoms with Crippen molar-refractivity contribution >= 4 is 71.7 Å². The molecule has 0 aromatic rings. The summed E-state index contributed by atoms with van der Waals surface area (Å²) in [5, 5.41) is -0.219. The van der Waals surface area contributed by atoms with Crippen LogP contribution in [0.25, 0.3) is 0 Å². The van der Waals surface area contributed by atoms with Crippen molar-refractivity contribution in [3.63, 3.8) is 0 Å².